The van der Waals surface area contributed by atoms with Gasteiger partial charge in [0.15, 0.2) is 0 Å². The maximum Gasteiger partial charge on any atom is 0.220 e. The van der Waals surface area contributed by atoms with Crippen molar-refractivity contribution in [2.45, 2.75) is 43.9 Å². The number of carbonyl (C=O) groups is 1. The monoisotopic (exact) mass is 294 g/mol. The Labute approximate surface area is 126 Å². The molecule has 0 saturated heterocycles. The molecule has 0 unspecified atom stereocenters. The Kier molecular flexibility index (Phi) is 9.16. The van der Waals surface area contributed by atoms with Gasteiger partial charge >= 0.3 is 0 Å². The van der Waals surface area contributed by atoms with Gasteiger partial charge in [-0.25, -0.2) is 0 Å². The number of carbonyl (C=O) groups excluding carboxylic acids is 1. The predicted molar refractivity (Wildman–Crippen MR) is 87.1 cm³/mol. The third-order valence-corrected chi connectivity index (χ3v) is 4.09. The maximum absolute atomic E-state index is 11.6. The summed E-state index contributed by atoms with van der Waals surface area (Å²) in [6.07, 6.45) is 4.90. The van der Waals surface area contributed by atoms with Gasteiger partial charge in [-0.3, -0.25) is 4.79 Å². The second-order valence-corrected chi connectivity index (χ2v) is 6.13. The van der Waals surface area contributed by atoms with Crippen LogP contribution in [0.5, 0.6) is 0 Å². The average Bonchev–Trinajstić information content (AvgIpc) is 2.45. The normalized spacial score (nSPS) is 10.5. The maximum atomic E-state index is 11.6. The van der Waals surface area contributed by atoms with Gasteiger partial charge in [-0.1, -0.05) is 30.5 Å². The van der Waals surface area contributed by atoms with Crippen LogP contribution in [0.2, 0.25) is 0 Å². The molecule has 3 N–H and O–H groups in total. The van der Waals surface area contributed by atoms with Crippen molar-refractivity contribution in [1.29, 1.82) is 0 Å². The number of thioether (sulfide) groups is 1. The van der Waals surface area contributed by atoms with E-state index >= 15 is 0 Å². The van der Waals surface area contributed by atoms with Crippen molar-refractivity contribution in [2.75, 3.05) is 18.8 Å². The summed E-state index contributed by atoms with van der Waals surface area (Å²) >= 11 is 1.78. The van der Waals surface area contributed by atoms with Gasteiger partial charge in [0.05, 0.1) is 0 Å². The molecule has 20 heavy (non-hydrogen) atoms. The van der Waals surface area contributed by atoms with Gasteiger partial charge in [0.25, 0.3) is 0 Å². The lowest BCUT2D eigenvalue weighted by Gasteiger charge is -2.05. The molecule has 0 radical (unpaired) electrons. The highest BCUT2D eigenvalue weighted by molar-refractivity contribution is 7.99. The minimum absolute atomic E-state index is 0.169. The fourth-order valence-electron chi connectivity index (χ4n) is 1.87. The smallest absolute Gasteiger partial charge is 0.220 e. The SMILES string of the molecule is Cc1ccc(SCCNC(=O)CCCCCCN)cc1. The van der Waals surface area contributed by atoms with E-state index in [1.54, 1.807) is 11.8 Å². The van der Waals surface area contributed by atoms with E-state index < -0.39 is 0 Å². The zero-order valence-corrected chi connectivity index (χ0v) is 13.2. The summed E-state index contributed by atoms with van der Waals surface area (Å²) in [6, 6.07) is 8.48. The van der Waals surface area contributed by atoms with Gasteiger partial charge in [0.1, 0.15) is 0 Å². The van der Waals surface area contributed by atoms with Crippen LogP contribution in [0, 0.1) is 6.92 Å². The lowest BCUT2D eigenvalue weighted by molar-refractivity contribution is -0.121. The number of aryl methyl sites for hydroxylation is 1. The third-order valence-electron chi connectivity index (χ3n) is 3.07. The summed E-state index contributed by atoms with van der Waals surface area (Å²) in [7, 11) is 0. The van der Waals surface area contributed by atoms with Crippen LogP contribution in [0.3, 0.4) is 0 Å². The van der Waals surface area contributed by atoms with E-state index in [0.29, 0.717) is 6.42 Å². The van der Waals surface area contributed by atoms with Gasteiger partial charge in [-0.05, 0) is 38.4 Å². The minimum atomic E-state index is 0.169. The number of nitrogens with two attached hydrogens (primary N) is 1. The van der Waals surface area contributed by atoms with Crippen LogP contribution in [0.1, 0.15) is 37.7 Å². The fraction of sp³-hybridized carbons (Fsp3) is 0.562. The Bertz CT molecular complexity index is 379. The Morgan fingerprint density at radius 2 is 1.85 bits per heavy atom. The summed E-state index contributed by atoms with van der Waals surface area (Å²) in [5.41, 5.74) is 6.70. The average molecular weight is 294 g/mol. The first-order valence-corrected chi connectivity index (χ1v) is 8.37. The zero-order chi connectivity index (χ0) is 14.6. The van der Waals surface area contributed by atoms with Crippen molar-refractivity contribution in [3.05, 3.63) is 29.8 Å². The Morgan fingerprint density at radius 3 is 2.55 bits per heavy atom. The third kappa shape index (κ3) is 8.23. The summed E-state index contributed by atoms with van der Waals surface area (Å²) < 4.78 is 0. The molecule has 1 aromatic rings. The summed E-state index contributed by atoms with van der Waals surface area (Å²) in [6.45, 7) is 3.57. The highest BCUT2D eigenvalue weighted by Crippen LogP contribution is 2.17. The van der Waals surface area contributed by atoms with Crippen LogP contribution in [-0.2, 0) is 4.79 Å². The van der Waals surface area contributed by atoms with E-state index in [2.05, 4.69) is 36.5 Å². The highest BCUT2D eigenvalue weighted by Gasteiger charge is 2.00. The number of amides is 1. The molecule has 4 heteroatoms. The summed E-state index contributed by atoms with van der Waals surface area (Å²) in [4.78, 5) is 12.8. The van der Waals surface area contributed by atoms with Crippen molar-refractivity contribution in [3.8, 4) is 0 Å². The van der Waals surface area contributed by atoms with E-state index in [9.17, 15) is 4.79 Å². The van der Waals surface area contributed by atoms with Crippen LogP contribution < -0.4 is 11.1 Å². The van der Waals surface area contributed by atoms with Crippen LogP contribution in [0.25, 0.3) is 0 Å². The van der Waals surface area contributed by atoms with E-state index in [-0.39, 0.29) is 5.91 Å². The van der Waals surface area contributed by atoms with Crippen molar-refractivity contribution >= 4 is 17.7 Å². The molecule has 0 heterocycles. The molecule has 0 spiro atoms. The number of hydrogen-bond donors (Lipinski definition) is 2. The molecule has 0 fully saturated rings. The highest BCUT2D eigenvalue weighted by atomic mass is 32.2. The minimum Gasteiger partial charge on any atom is -0.355 e. The zero-order valence-electron chi connectivity index (χ0n) is 12.4. The molecule has 0 atom stereocenters. The molecule has 112 valence electrons. The first kappa shape index (κ1) is 17.1. The molecule has 1 aromatic carbocycles. The molecule has 1 rings (SSSR count). The lowest BCUT2D eigenvalue weighted by atomic mass is 10.1. The lowest BCUT2D eigenvalue weighted by Crippen LogP contribution is -2.25. The second-order valence-electron chi connectivity index (χ2n) is 4.96. The molecule has 0 aliphatic carbocycles. The number of rotatable bonds is 10. The molecular weight excluding hydrogens is 268 g/mol. The Morgan fingerprint density at radius 1 is 1.15 bits per heavy atom. The van der Waals surface area contributed by atoms with Gasteiger partial charge in [-0.2, -0.15) is 0 Å². The molecular formula is C16H26N2OS. The standard InChI is InChI=1S/C16H26N2OS/c1-14-7-9-15(10-8-14)20-13-12-18-16(19)6-4-2-3-5-11-17/h7-10H,2-6,11-13,17H2,1H3,(H,18,19). The van der Waals surface area contributed by atoms with Gasteiger partial charge in [-0.15, -0.1) is 11.8 Å². The number of hydrogen-bond acceptors (Lipinski definition) is 3. The van der Waals surface area contributed by atoms with Crippen molar-refractivity contribution in [2.24, 2.45) is 5.73 Å². The van der Waals surface area contributed by atoms with Gasteiger partial charge < -0.3 is 11.1 Å². The van der Waals surface area contributed by atoms with E-state index in [1.165, 1.54) is 10.5 Å². The fourth-order valence-corrected chi connectivity index (χ4v) is 2.63. The predicted octanol–water partition coefficient (Wildman–Crippen LogP) is 3.11. The van der Waals surface area contributed by atoms with Gasteiger partial charge in [0.2, 0.25) is 5.91 Å². The summed E-state index contributed by atoms with van der Waals surface area (Å²) in [5.74, 6) is 1.09. The summed E-state index contributed by atoms with van der Waals surface area (Å²) in [5, 5.41) is 2.97. The van der Waals surface area contributed by atoms with Crippen molar-refractivity contribution in [3.63, 3.8) is 0 Å². The first-order valence-electron chi connectivity index (χ1n) is 7.38. The second kappa shape index (κ2) is 10.7. The number of nitrogens with one attached hydrogen (secondary N) is 1. The number of benzene rings is 1. The van der Waals surface area contributed by atoms with E-state index in [1.807, 2.05) is 0 Å². The quantitative estimate of drug-likeness (QED) is 0.515. The molecule has 3 nitrogen and oxygen atoms in total. The van der Waals surface area contributed by atoms with E-state index in [0.717, 1.165) is 44.5 Å². The largest absolute Gasteiger partial charge is 0.355 e. The molecule has 0 bridgehead atoms. The van der Waals surface area contributed by atoms with Crippen molar-refractivity contribution in [1.82, 2.24) is 5.32 Å². The van der Waals surface area contributed by atoms with Crippen LogP contribution >= 0.6 is 11.8 Å². The van der Waals surface area contributed by atoms with Gasteiger partial charge in [0, 0.05) is 23.6 Å². The van der Waals surface area contributed by atoms with Crippen LogP contribution in [0.4, 0.5) is 0 Å². The van der Waals surface area contributed by atoms with Crippen LogP contribution in [-0.4, -0.2) is 24.7 Å². The van der Waals surface area contributed by atoms with Crippen molar-refractivity contribution < 1.29 is 4.79 Å². The van der Waals surface area contributed by atoms with E-state index in [4.69, 9.17) is 5.73 Å². The molecule has 0 saturated carbocycles. The van der Waals surface area contributed by atoms with Crippen LogP contribution in [0.15, 0.2) is 29.2 Å². The Hall–Kier alpha value is -1.00. The molecule has 0 aliphatic rings. The topological polar surface area (TPSA) is 55.1 Å². The Balaban J connectivity index is 2.00. The molecule has 0 aliphatic heterocycles. The number of unbranched alkanes of at least 4 members (excludes halogenated alkanes) is 3. The molecule has 0 aromatic heterocycles. The first-order chi connectivity index (χ1) is 9.72. The molecule has 1 amide bonds.